The van der Waals surface area contributed by atoms with E-state index in [0.717, 1.165) is 23.3 Å². The third kappa shape index (κ3) is 36.3. The highest BCUT2D eigenvalue weighted by molar-refractivity contribution is 7.80. The van der Waals surface area contributed by atoms with Gasteiger partial charge in [-0.3, -0.25) is 0 Å². The second-order valence-electron chi connectivity index (χ2n) is 3.68. The second kappa shape index (κ2) is 21.3. The molecule has 104 valence electrons. The second-order valence-corrected chi connectivity index (χ2v) is 4.05. The SMILES string of the molecule is C=CC#N.C=CCS.C=CC[N+](C)(C)CC=C.[Cl-]. The summed E-state index contributed by atoms with van der Waals surface area (Å²) in [4.78, 5) is 0. The molecule has 2 nitrogen and oxygen atoms in total. The molecule has 0 atom stereocenters. The van der Waals surface area contributed by atoms with Crippen LogP contribution in [0.25, 0.3) is 0 Å². The van der Waals surface area contributed by atoms with Crippen LogP contribution in [0, 0.1) is 11.3 Å². The summed E-state index contributed by atoms with van der Waals surface area (Å²) in [5.74, 6) is 0.778. The van der Waals surface area contributed by atoms with Crippen LogP contribution in [0.5, 0.6) is 0 Å². The summed E-state index contributed by atoms with van der Waals surface area (Å²) < 4.78 is 0.951. The molecule has 0 aromatic heterocycles. The van der Waals surface area contributed by atoms with Crippen molar-refractivity contribution < 1.29 is 16.9 Å². The summed E-state index contributed by atoms with van der Waals surface area (Å²) in [6.07, 6.45) is 6.79. The lowest BCUT2D eigenvalue weighted by atomic mass is 10.4. The molecule has 0 unspecified atom stereocenters. The van der Waals surface area contributed by atoms with Gasteiger partial charge in [-0.25, -0.2) is 0 Å². The van der Waals surface area contributed by atoms with Crippen molar-refractivity contribution in [2.24, 2.45) is 0 Å². The van der Waals surface area contributed by atoms with Crippen molar-refractivity contribution >= 4 is 12.6 Å². The molecule has 0 aliphatic carbocycles. The summed E-state index contributed by atoms with van der Waals surface area (Å²) in [6, 6.07) is 1.69. The molecular formula is C14H25ClN2S. The average Bonchev–Trinajstić information content (AvgIpc) is 2.29. The Balaban J connectivity index is -0.0000000922. The number of rotatable bonds is 5. The molecule has 0 aliphatic heterocycles. The maximum atomic E-state index is 7.51. The monoisotopic (exact) mass is 288 g/mol. The fourth-order valence-corrected chi connectivity index (χ4v) is 0.774. The molecule has 0 spiro atoms. The predicted octanol–water partition coefficient (Wildman–Crippen LogP) is 0.237. The Kier molecular flexibility index (Phi) is 30.6. The van der Waals surface area contributed by atoms with E-state index >= 15 is 0 Å². The van der Waals surface area contributed by atoms with E-state index in [0.29, 0.717) is 0 Å². The van der Waals surface area contributed by atoms with E-state index in [2.05, 4.69) is 53.0 Å². The van der Waals surface area contributed by atoms with Crippen LogP contribution in [0.1, 0.15) is 0 Å². The molecule has 4 heteroatoms. The number of likely N-dealkylation sites (N-methyl/N-ethyl adjacent to an activating group) is 1. The van der Waals surface area contributed by atoms with Crippen molar-refractivity contribution in [1.82, 2.24) is 0 Å². The van der Waals surface area contributed by atoms with Crippen LogP contribution >= 0.6 is 12.6 Å². The maximum absolute atomic E-state index is 7.51. The van der Waals surface area contributed by atoms with E-state index in [9.17, 15) is 0 Å². The zero-order chi connectivity index (χ0) is 14.2. The number of hydrogen-bond donors (Lipinski definition) is 1. The van der Waals surface area contributed by atoms with Crippen LogP contribution < -0.4 is 12.4 Å². The fourth-order valence-electron chi connectivity index (χ4n) is 0.774. The van der Waals surface area contributed by atoms with Gasteiger partial charge < -0.3 is 16.9 Å². The zero-order valence-corrected chi connectivity index (χ0v) is 13.1. The molecule has 0 saturated heterocycles. The molecule has 0 aromatic rings. The number of thiol groups is 1. The molecule has 0 amide bonds. The van der Waals surface area contributed by atoms with E-state index in [1.165, 1.54) is 6.08 Å². The highest BCUT2D eigenvalue weighted by atomic mass is 35.5. The largest absolute Gasteiger partial charge is 1.00 e. The summed E-state index contributed by atoms with van der Waals surface area (Å²) >= 11 is 3.80. The smallest absolute Gasteiger partial charge is 0.0969 e. The number of nitriles is 1. The minimum atomic E-state index is 0. The van der Waals surface area contributed by atoms with Crippen molar-refractivity contribution in [3.63, 3.8) is 0 Å². The van der Waals surface area contributed by atoms with Crippen LogP contribution in [-0.4, -0.2) is 37.4 Å². The van der Waals surface area contributed by atoms with Crippen LogP contribution in [0.15, 0.2) is 50.6 Å². The molecule has 0 heterocycles. The molecule has 0 saturated carbocycles. The number of halogens is 1. The predicted molar refractivity (Wildman–Crippen MR) is 82.1 cm³/mol. The van der Waals surface area contributed by atoms with Crippen molar-refractivity contribution in [3.05, 3.63) is 50.6 Å². The van der Waals surface area contributed by atoms with Gasteiger partial charge in [0, 0.05) is 11.8 Å². The van der Waals surface area contributed by atoms with Gasteiger partial charge in [-0.1, -0.05) is 25.8 Å². The van der Waals surface area contributed by atoms with Gasteiger partial charge in [-0.2, -0.15) is 17.9 Å². The van der Waals surface area contributed by atoms with Crippen molar-refractivity contribution in [1.29, 1.82) is 5.26 Å². The lowest BCUT2D eigenvalue weighted by Gasteiger charge is -2.26. The molecule has 0 N–H and O–H groups in total. The number of hydrogen-bond acceptors (Lipinski definition) is 2. The van der Waals surface area contributed by atoms with Gasteiger partial charge in [-0.15, -0.1) is 6.58 Å². The third-order valence-electron chi connectivity index (χ3n) is 1.47. The Morgan fingerprint density at radius 1 is 1.06 bits per heavy atom. The molecule has 0 rings (SSSR count). The molecule has 0 fully saturated rings. The van der Waals surface area contributed by atoms with Crippen molar-refractivity contribution in [2.45, 2.75) is 0 Å². The van der Waals surface area contributed by atoms with E-state index in [4.69, 9.17) is 5.26 Å². The van der Waals surface area contributed by atoms with E-state index in [1.807, 2.05) is 12.2 Å². The molecule has 0 radical (unpaired) electrons. The van der Waals surface area contributed by atoms with Crippen molar-refractivity contribution in [3.8, 4) is 6.07 Å². The Bertz CT molecular complexity index is 243. The molecule has 18 heavy (non-hydrogen) atoms. The van der Waals surface area contributed by atoms with Crippen LogP contribution in [0.3, 0.4) is 0 Å². The summed E-state index contributed by atoms with van der Waals surface area (Å²) in [6.45, 7) is 15.9. The van der Waals surface area contributed by atoms with Gasteiger partial charge in [-0.05, 0) is 12.2 Å². The molecule has 0 aromatic carbocycles. The lowest BCUT2D eigenvalue weighted by Crippen LogP contribution is -3.00. The molecule has 0 aliphatic rings. The first-order valence-electron chi connectivity index (χ1n) is 5.21. The number of allylic oxidation sites excluding steroid dienone is 1. The summed E-state index contributed by atoms with van der Waals surface area (Å²) in [5, 5.41) is 7.51. The highest BCUT2D eigenvalue weighted by Gasteiger charge is 2.07. The number of quaternary nitrogens is 1. The highest BCUT2D eigenvalue weighted by Crippen LogP contribution is 1.95. The topological polar surface area (TPSA) is 23.8 Å². The van der Waals surface area contributed by atoms with Crippen LogP contribution in [-0.2, 0) is 0 Å². The van der Waals surface area contributed by atoms with E-state index in [1.54, 1.807) is 12.1 Å². The molecule has 0 bridgehead atoms. The van der Waals surface area contributed by atoms with E-state index in [-0.39, 0.29) is 12.4 Å². The van der Waals surface area contributed by atoms with Gasteiger partial charge in [0.2, 0.25) is 0 Å². The van der Waals surface area contributed by atoms with Crippen LogP contribution in [0.2, 0.25) is 0 Å². The van der Waals surface area contributed by atoms with E-state index < -0.39 is 0 Å². The van der Waals surface area contributed by atoms with Gasteiger partial charge >= 0.3 is 0 Å². The molecular weight excluding hydrogens is 264 g/mol. The lowest BCUT2D eigenvalue weighted by molar-refractivity contribution is -0.878. The average molecular weight is 289 g/mol. The van der Waals surface area contributed by atoms with Gasteiger partial charge in [0.25, 0.3) is 0 Å². The Labute approximate surface area is 124 Å². The van der Waals surface area contributed by atoms with Crippen LogP contribution in [0.4, 0.5) is 0 Å². The minimum absolute atomic E-state index is 0. The first-order valence-corrected chi connectivity index (χ1v) is 5.85. The first-order chi connectivity index (χ1) is 7.95. The van der Waals surface area contributed by atoms with Gasteiger partial charge in [0.1, 0.15) is 0 Å². The minimum Gasteiger partial charge on any atom is -1.00 e. The van der Waals surface area contributed by atoms with Gasteiger partial charge in [0.15, 0.2) is 0 Å². The fraction of sp³-hybridized carbons (Fsp3) is 0.357. The Morgan fingerprint density at radius 3 is 1.44 bits per heavy atom. The standard InChI is InChI=1S/C8H16N.C3H3N.C3H6S.ClH/c1-5-7-9(3,4)8-6-2;2*1-2-3-4;/h5-6H,1-2,7-8H2,3-4H3;2H,1H2;2,4H,1,3H2;1H/q+1;;;/p-1. The van der Waals surface area contributed by atoms with Gasteiger partial charge in [0.05, 0.1) is 33.3 Å². The summed E-state index contributed by atoms with van der Waals surface area (Å²) in [7, 11) is 4.31. The quantitative estimate of drug-likeness (QED) is 0.333. The normalized spacial score (nSPS) is 7.67. The number of nitrogens with zero attached hydrogens (tertiary/aromatic N) is 2. The first kappa shape index (κ1) is 25.8. The Morgan fingerprint density at radius 2 is 1.33 bits per heavy atom. The zero-order valence-electron chi connectivity index (χ0n) is 11.5. The Hall–Kier alpha value is -0.950. The third-order valence-corrected chi connectivity index (χ3v) is 1.73. The maximum Gasteiger partial charge on any atom is 0.0969 e. The van der Waals surface area contributed by atoms with Crippen molar-refractivity contribution in [2.75, 3.05) is 32.9 Å². The summed E-state index contributed by atoms with van der Waals surface area (Å²) in [5.41, 5.74) is 0.